The molecule has 5 fully saturated rings. The van der Waals surface area contributed by atoms with Crippen molar-refractivity contribution >= 4 is 23.6 Å². The molecule has 4 amide bonds. The molecule has 0 radical (unpaired) electrons. The molecule has 43 heavy (non-hydrogen) atoms. The number of hydrogen-bond donors (Lipinski definition) is 2. The predicted octanol–water partition coefficient (Wildman–Crippen LogP) is 4.18. The molecule has 4 heterocycles. The maximum atomic E-state index is 12.6. The first-order valence-electron chi connectivity index (χ1n) is 16.7. The third kappa shape index (κ3) is 6.61. The van der Waals surface area contributed by atoms with Crippen molar-refractivity contribution in [2.24, 2.45) is 17.3 Å². The molecule has 1 aromatic carbocycles. The van der Waals surface area contributed by atoms with Crippen LogP contribution >= 0.6 is 0 Å². The summed E-state index contributed by atoms with van der Waals surface area (Å²) in [6, 6.07) is 5.00. The van der Waals surface area contributed by atoms with E-state index in [9.17, 15) is 19.2 Å². The molecule has 9 nitrogen and oxygen atoms in total. The molecular weight excluding hydrogens is 544 g/mol. The van der Waals surface area contributed by atoms with E-state index >= 15 is 0 Å². The number of nitrogens with zero attached hydrogens (tertiary/aromatic N) is 2. The van der Waals surface area contributed by atoms with Crippen molar-refractivity contribution in [3.8, 4) is 5.75 Å². The van der Waals surface area contributed by atoms with E-state index in [1.807, 2.05) is 12.1 Å². The number of ether oxygens (including phenoxy) is 1. The fourth-order valence-corrected chi connectivity index (χ4v) is 7.97. The lowest BCUT2D eigenvalue weighted by molar-refractivity contribution is -0.143. The van der Waals surface area contributed by atoms with Gasteiger partial charge in [-0.2, -0.15) is 0 Å². The Morgan fingerprint density at radius 1 is 0.907 bits per heavy atom. The number of nitrogens with one attached hydrogen (secondary N) is 2. The van der Waals surface area contributed by atoms with Gasteiger partial charge in [-0.1, -0.05) is 26.2 Å². The quantitative estimate of drug-likeness (QED) is 0.497. The van der Waals surface area contributed by atoms with Gasteiger partial charge in [0.25, 0.3) is 5.91 Å². The fourth-order valence-electron chi connectivity index (χ4n) is 7.97. The highest BCUT2D eigenvalue weighted by molar-refractivity contribution is 6.05. The smallest absolute Gasteiger partial charge is 0.255 e. The largest absolute Gasteiger partial charge is 0.490 e. The van der Waals surface area contributed by atoms with Crippen molar-refractivity contribution < 1.29 is 23.9 Å². The molecule has 9 heteroatoms. The number of piperidine rings is 2. The molecule has 6 aliphatic rings. The second-order valence-corrected chi connectivity index (χ2v) is 13.9. The van der Waals surface area contributed by atoms with E-state index in [1.165, 1.54) is 58.0 Å². The van der Waals surface area contributed by atoms with Crippen LogP contribution in [0, 0.1) is 17.3 Å². The minimum absolute atomic E-state index is 0.0230. The predicted molar refractivity (Wildman–Crippen MR) is 162 cm³/mol. The zero-order valence-electron chi connectivity index (χ0n) is 25.7. The van der Waals surface area contributed by atoms with E-state index in [4.69, 9.17) is 4.74 Å². The minimum Gasteiger partial charge on any atom is -0.490 e. The van der Waals surface area contributed by atoms with E-state index in [0.29, 0.717) is 24.4 Å². The van der Waals surface area contributed by atoms with E-state index in [0.717, 1.165) is 61.9 Å². The summed E-state index contributed by atoms with van der Waals surface area (Å²) in [7, 11) is 0. The van der Waals surface area contributed by atoms with Crippen molar-refractivity contribution in [2.75, 3.05) is 26.2 Å². The Morgan fingerprint density at radius 3 is 2.28 bits per heavy atom. The Hall–Kier alpha value is -2.94. The molecule has 4 aliphatic heterocycles. The summed E-state index contributed by atoms with van der Waals surface area (Å²) < 4.78 is 6.08. The second kappa shape index (κ2) is 13.0. The van der Waals surface area contributed by atoms with Gasteiger partial charge in [-0.15, -0.1) is 0 Å². The molecule has 1 aromatic rings. The average molecular weight is 593 g/mol. The molecule has 2 N–H and O–H groups in total. The summed E-state index contributed by atoms with van der Waals surface area (Å²) in [6.45, 7) is 7.00. The molecular formula is C34H48N4O5. The van der Waals surface area contributed by atoms with E-state index in [-0.39, 0.29) is 35.7 Å². The lowest BCUT2D eigenvalue weighted by Crippen LogP contribution is -2.52. The first-order valence-corrected chi connectivity index (χ1v) is 16.7. The number of benzene rings is 1. The maximum Gasteiger partial charge on any atom is 0.255 e. The van der Waals surface area contributed by atoms with E-state index < -0.39 is 6.04 Å². The highest BCUT2D eigenvalue weighted by Gasteiger charge is 2.41. The molecule has 1 unspecified atom stereocenters. The van der Waals surface area contributed by atoms with Crippen molar-refractivity contribution in [1.82, 2.24) is 20.4 Å². The summed E-state index contributed by atoms with van der Waals surface area (Å²) >= 11 is 0. The number of imide groups is 1. The van der Waals surface area contributed by atoms with Gasteiger partial charge in [0.05, 0.1) is 6.10 Å². The molecule has 0 aromatic heterocycles. The number of amides is 4. The number of carbonyl (C=O) groups excluding carboxylic acids is 4. The third-order valence-electron chi connectivity index (χ3n) is 10.9. The average Bonchev–Trinajstić information content (AvgIpc) is 3.57. The van der Waals surface area contributed by atoms with Crippen LogP contribution in [0.4, 0.5) is 0 Å². The van der Waals surface area contributed by atoms with Gasteiger partial charge < -0.3 is 19.9 Å². The maximum absolute atomic E-state index is 12.6. The van der Waals surface area contributed by atoms with E-state index in [2.05, 4.69) is 22.5 Å². The Labute approximate surface area is 255 Å². The SMILES string of the molecule is CC1(C(=O)N2CCC(C3CNC3)CC2)CCCC1.O=C1CCC(N2Cc3cc(OC4CCCCC4)ccc3C2=O)C(=O)N1. The molecule has 7 rings (SSSR count). The molecule has 3 saturated heterocycles. The van der Waals surface area contributed by atoms with Crippen molar-refractivity contribution in [3.63, 3.8) is 0 Å². The lowest BCUT2D eigenvalue weighted by Gasteiger charge is -2.42. The van der Waals surface area contributed by atoms with Gasteiger partial charge in [0, 0.05) is 37.0 Å². The molecule has 2 saturated carbocycles. The highest BCUT2D eigenvalue weighted by atomic mass is 16.5. The third-order valence-corrected chi connectivity index (χ3v) is 10.9. The Balaban J connectivity index is 0.000000162. The van der Waals surface area contributed by atoms with Gasteiger partial charge in [-0.05, 0) is 106 Å². The number of rotatable bonds is 5. The van der Waals surface area contributed by atoms with Crippen LogP contribution in [0.5, 0.6) is 5.75 Å². The van der Waals surface area contributed by atoms with Crippen LogP contribution in [-0.2, 0) is 20.9 Å². The highest BCUT2D eigenvalue weighted by Crippen LogP contribution is 2.40. The molecule has 2 aliphatic carbocycles. The standard InChI is InChI=1S/C19H22N2O4.C15H26N2O/c22-17-9-8-16(18(23)20-17)21-11-12-10-14(6-7-15(12)19(21)24)25-13-4-2-1-3-5-13;1-15(6-2-3-7-15)14(18)17-8-4-12(5-9-17)13-10-16-11-13/h6-7,10,13,16H,1-5,8-9,11H2,(H,20,22,23);12-13,16H,2-11H2,1H3. The monoisotopic (exact) mass is 592 g/mol. The number of carbonyl (C=O) groups is 4. The topological polar surface area (TPSA) is 108 Å². The summed E-state index contributed by atoms with van der Waals surface area (Å²) in [5.74, 6) is 2.21. The normalized spacial score (nSPS) is 26.3. The minimum atomic E-state index is -0.569. The fraction of sp³-hybridized carbons (Fsp3) is 0.706. The van der Waals surface area contributed by atoms with Crippen LogP contribution < -0.4 is 15.4 Å². The molecule has 234 valence electrons. The van der Waals surface area contributed by atoms with Crippen molar-refractivity contribution in [3.05, 3.63) is 29.3 Å². The number of hydrogen-bond acceptors (Lipinski definition) is 6. The summed E-state index contributed by atoms with van der Waals surface area (Å²) in [5, 5.41) is 5.69. The molecule has 1 atom stereocenters. The van der Waals surface area contributed by atoms with Crippen LogP contribution in [0.15, 0.2) is 18.2 Å². The van der Waals surface area contributed by atoms with Crippen molar-refractivity contribution in [2.45, 2.75) is 109 Å². The summed E-state index contributed by atoms with van der Waals surface area (Å²) in [6.07, 6.45) is 13.9. The number of likely N-dealkylation sites (tertiary alicyclic amines) is 1. The molecule has 0 bridgehead atoms. The van der Waals surface area contributed by atoms with Crippen LogP contribution in [0.2, 0.25) is 0 Å². The Bertz CT molecular complexity index is 1210. The van der Waals surface area contributed by atoms with E-state index in [1.54, 1.807) is 11.0 Å². The zero-order chi connectivity index (χ0) is 30.0. The molecule has 0 spiro atoms. The second-order valence-electron chi connectivity index (χ2n) is 13.9. The lowest BCUT2D eigenvalue weighted by atomic mass is 9.79. The van der Waals surface area contributed by atoms with Crippen LogP contribution in [0.25, 0.3) is 0 Å². The van der Waals surface area contributed by atoms with Crippen LogP contribution in [-0.4, -0.2) is 71.8 Å². The van der Waals surface area contributed by atoms with Gasteiger partial charge >= 0.3 is 0 Å². The van der Waals surface area contributed by atoms with Gasteiger partial charge in [0.2, 0.25) is 17.7 Å². The van der Waals surface area contributed by atoms with Crippen LogP contribution in [0.3, 0.4) is 0 Å². The first kappa shape index (κ1) is 30.1. The summed E-state index contributed by atoms with van der Waals surface area (Å²) in [5.41, 5.74) is 1.49. The number of fused-ring (bicyclic) bond motifs is 1. The first-order chi connectivity index (χ1) is 20.8. The van der Waals surface area contributed by atoms with Gasteiger partial charge in [0.1, 0.15) is 11.8 Å². The van der Waals surface area contributed by atoms with Gasteiger partial charge in [-0.25, -0.2) is 0 Å². The Morgan fingerprint density at radius 2 is 1.63 bits per heavy atom. The van der Waals surface area contributed by atoms with Gasteiger partial charge in [-0.3, -0.25) is 24.5 Å². The van der Waals surface area contributed by atoms with Gasteiger partial charge in [0.15, 0.2) is 0 Å². The zero-order valence-corrected chi connectivity index (χ0v) is 25.7. The summed E-state index contributed by atoms with van der Waals surface area (Å²) in [4.78, 5) is 52.4. The van der Waals surface area contributed by atoms with Crippen LogP contribution in [0.1, 0.15) is 106 Å². The Kier molecular flexibility index (Phi) is 9.08. The van der Waals surface area contributed by atoms with Crippen molar-refractivity contribution in [1.29, 1.82) is 0 Å².